The van der Waals surface area contributed by atoms with E-state index in [1.807, 2.05) is 0 Å². The Balaban J connectivity index is 1.78. The van der Waals surface area contributed by atoms with Gasteiger partial charge in [0.25, 0.3) is 0 Å². The molecule has 0 amide bonds. The first-order chi connectivity index (χ1) is 9.24. The minimum atomic E-state index is -0.715. The van der Waals surface area contributed by atoms with Crippen LogP contribution in [-0.4, -0.2) is 23.7 Å². The van der Waals surface area contributed by atoms with Gasteiger partial charge >= 0.3 is 5.97 Å². The van der Waals surface area contributed by atoms with Crippen LogP contribution in [0.4, 0.5) is 5.69 Å². The Morgan fingerprint density at radius 1 is 1.32 bits per heavy atom. The largest absolute Gasteiger partial charge is 0.481 e. The summed E-state index contributed by atoms with van der Waals surface area (Å²) in [4.78, 5) is 13.2. The first-order valence-electron chi connectivity index (χ1n) is 7.34. The van der Waals surface area contributed by atoms with Gasteiger partial charge in [-0.1, -0.05) is 25.0 Å². The minimum absolute atomic E-state index is 0.224. The van der Waals surface area contributed by atoms with Gasteiger partial charge in [-0.3, -0.25) is 4.79 Å². The number of rotatable bonds is 4. The molecule has 3 nitrogen and oxygen atoms in total. The first kappa shape index (κ1) is 12.5. The molecule has 1 aromatic rings. The number of carboxylic acid groups (broad SMARTS) is 1. The van der Waals surface area contributed by atoms with Crippen molar-refractivity contribution in [2.45, 2.75) is 51.0 Å². The highest BCUT2D eigenvalue weighted by molar-refractivity contribution is 5.67. The van der Waals surface area contributed by atoms with Crippen molar-refractivity contribution in [2.24, 2.45) is 0 Å². The van der Waals surface area contributed by atoms with Crippen molar-refractivity contribution in [2.75, 3.05) is 11.4 Å². The fourth-order valence-corrected chi connectivity index (χ4v) is 3.45. The molecule has 1 aliphatic heterocycles. The van der Waals surface area contributed by atoms with Crippen LogP contribution in [0.5, 0.6) is 0 Å². The lowest BCUT2D eigenvalue weighted by Crippen LogP contribution is -2.31. The fourth-order valence-electron chi connectivity index (χ4n) is 3.45. The van der Waals surface area contributed by atoms with E-state index in [1.165, 1.54) is 36.9 Å². The van der Waals surface area contributed by atoms with E-state index >= 15 is 0 Å². The van der Waals surface area contributed by atoms with Gasteiger partial charge in [0.1, 0.15) is 0 Å². The second-order valence-electron chi connectivity index (χ2n) is 5.74. The Morgan fingerprint density at radius 3 is 2.84 bits per heavy atom. The quantitative estimate of drug-likeness (QED) is 0.903. The molecule has 0 bridgehead atoms. The summed E-state index contributed by atoms with van der Waals surface area (Å²) in [7, 11) is 0. The van der Waals surface area contributed by atoms with Crippen molar-refractivity contribution in [3.05, 3.63) is 29.3 Å². The number of aryl methyl sites for hydroxylation is 1. The Labute approximate surface area is 114 Å². The highest BCUT2D eigenvalue weighted by Crippen LogP contribution is 2.35. The van der Waals surface area contributed by atoms with E-state index in [2.05, 4.69) is 23.1 Å². The van der Waals surface area contributed by atoms with Crippen molar-refractivity contribution in [1.29, 1.82) is 0 Å². The Bertz CT molecular complexity index is 478. The van der Waals surface area contributed by atoms with Gasteiger partial charge in [0.15, 0.2) is 0 Å². The zero-order valence-corrected chi connectivity index (χ0v) is 11.3. The molecule has 1 heterocycles. The molecule has 19 heavy (non-hydrogen) atoms. The predicted octanol–water partition coefficient (Wildman–Crippen LogP) is 3.01. The minimum Gasteiger partial charge on any atom is -0.481 e. The molecule has 0 unspecified atom stereocenters. The van der Waals surface area contributed by atoms with E-state index < -0.39 is 5.97 Å². The molecule has 102 valence electrons. The van der Waals surface area contributed by atoms with E-state index in [0.717, 1.165) is 24.6 Å². The Kier molecular flexibility index (Phi) is 3.45. The summed E-state index contributed by atoms with van der Waals surface area (Å²) >= 11 is 0. The first-order valence-corrected chi connectivity index (χ1v) is 7.34. The average Bonchev–Trinajstić information content (AvgIpc) is 3.04. The molecular formula is C16H21NO2. The average molecular weight is 259 g/mol. The van der Waals surface area contributed by atoms with Crippen LogP contribution in [0.15, 0.2) is 18.2 Å². The third kappa shape index (κ3) is 2.60. The van der Waals surface area contributed by atoms with Gasteiger partial charge < -0.3 is 10.0 Å². The van der Waals surface area contributed by atoms with Gasteiger partial charge in [-0.05, 0) is 42.9 Å². The van der Waals surface area contributed by atoms with Crippen molar-refractivity contribution in [1.82, 2.24) is 0 Å². The number of fused-ring (bicyclic) bond motifs is 1. The second-order valence-corrected chi connectivity index (χ2v) is 5.74. The number of carboxylic acids is 1. The van der Waals surface area contributed by atoms with Crippen LogP contribution in [0.2, 0.25) is 0 Å². The van der Waals surface area contributed by atoms with E-state index in [-0.39, 0.29) is 6.42 Å². The zero-order chi connectivity index (χ0) is 13.2. The molecule has 3 heteroatoms. The van der Waals surface area contributed by atoms with E-state index in [1.54, 1.807) is 0 Å². The second kappa shape index (κ2) is 5.24. The van der Waals surface area contributed by atoms with Crippen LogP contribution in [0, 0.1) is 0 Å². The van der Waals surface area contributed by atoms with E-state index in [0.29, 0.717) is 6.42 Å². The summed E-state index contributed by atoms with van der Waals surface area (Å²) in [6.45, 7) is 1.14. The molecule has 1 fully saturated rings. The molecule has 1 N–H and O–H groups in total. The number of hydrogen-bond donors (Lipinski definition) is 1. The number of anilines is 1. The number of nitrogens with zero attached hydrogens (tertiary/aromatic N) is 1. The lowest BCUT2D eigenvalue weighted by molar-refractivity contribution is -0.136. The van der Waals surface area contributed by atoms with Crippen molar-refractivity contribution in [3.63, 3.8) is 0 Å². The standard InChI is InChI=1S/C16H21NO2/c18-16(19)8-6-12-5-7-13-9-10-17(15(13)11-12)14-3-1-2-4-14/h5,7,11,14H,1-4,6,8-10H2,(H,18,19). The summed E-state index contributed by atoms with van der Waals surface area (Å²) in [6, 6.07) is 7.24. The Morgan fingerprint density at radius 2 is 2.11 bits per heavy atom. The summed E-state index contributed by atoms with van der Waals surface area (Å²) in [5, 5.41) is 8.78. The summed E-state index contributed by atoms with van der Waals surface area (Å²) < 4.78 is 0. The third-order valence-corrected chi connectivity index (χ3v) is 4.47. The van der Waals surface area contributed by atoms with Gasteiger partial charge in [-0.2, -0.15) is 0 Å². The molecule has 0 atom stereocenters. The molecule has 3 rings (SSSR count). The van der Waals surface area contributed by atoms with Gasteiger partial charge in [0, 0.05) is 24.7 Å². The third-order valence-electron chi connectivity index (χ3n) is 4.47. The SMILES string of the molecule is O=C(O)CCc1ccc2c(c1)N(C1CCCC1)CC2. The summed E-state index contributed by atoms with van der Waals surface area (Å²) in [6.07, 6.45) is 7.36. The van der Waals surface area contributed by atoms with Crippen molar-refractivity contribution in [3.8, 4) is 0 Å². The number of aliphatic carboxylic acids is 1. The molecule has 0 aromatic heterocycles. The maximum absolute atomic E-state index is 10.7. The van der Waals surface area contributed by atoms with Crippen LogP contribution in [0.1, 0.15) is 43.2 Å². The topological polar surface area (TPSA) is 40.5 Å². The van der Waals surface area contributed by atoms with E-state index in [9.17, 15) is 4.79 Å². The molecular weight excluding hydrogens is 238 g/mol. The van der Waals surface area contributed by atoms with Crippen LogP contribution in [0.3, 0.4) is 0 Å². The molecule has 0 saturated heterocycles. The lowest BCUT2D eigenvalue weighted by atomic mass is 10.0. The molecule has 2 aliphatic rings. The molecule has 1 aliphatic carbocycles. The normalized spacial score (nSPS) is 18.8. The van der Waals surface area contributed by atoms with Gasteiger partial charge in [0.05, 0.1) is 0 Å². The van der Waals surface area contributed by atoms with Crippen molar-refractivity contribution < 1.29 is 9.90 Å². The highest BCUT2D eigenvalue weighted by atomic mass is 16.4. The van der Waals surface area contributed by atoms with Crippen LogP contribution < -0.4 is 4.90 Å². The molecule has 1 aromatic carbocycles. The predicted molar refractivity (Wildman–Crippen MR) is 75.7 cm³/mol. The number of benzene rings is 1. The molecule has 0 radical (unpaired) electrons. The zero-order valence-electron chi connectivity index (χ0n) is 11.3. The highest BCUT2D eigenvalue weighted by Gasteiger charge is 2.28. The van der Waals surface area contributed by atoms with Crippen LogP contribution in [0.25, 0.3) is 0 Å². The lowest BCUT2D eigenvalue weighted by Gasteiger charge is -2.27. The van der Waals surface area contributed by atoms with Gasteiger partial charge in [0.2, 0.25) is 0 Å². The monoisotopic (exact) mass is 259 g/mol. The number of hydrogen-bond acceptors (Lipinski definition) is 2. The summed E-state index contributed by atoms with van der Waals surface area (Å²) in [5.41, 5.74) is 3.96. The van der Waals surface area contributed by atoms with Crippen LogP contribution >= 0.6 is 0 Å². The maximum Gasteiger partial charge on any atom is 0.303 e. The van der Waals surface area contributed by atoms with Gasteiger partial charge in [-0.25, -0.2) is 0 Å². The number of carbonyl (C=O) groups is 1. The smallest absolute Gasteiger partial charge is 0.303 e. The molecule has 1 saturated carbocycles. The fraction of sp³-hybridized carbons (Fsp3) is 0.562. The summed E-state index contributed by atoms with van der Waals surface area (Å²) in [5.74, 6) is -0.715. The van der Waals surface area contributed by atoms with Crippen LogP contribution in [-0.2, 0) is 17.6 Å². The Hall–Kier alpha value is -1.51. The maximum atomic E-state index is 10.7. The van der Waals surface area contributed by atoms with E-state index in [4.69, 9.17) is 5.11 Å². The van der Waals surface area contributed by atoms with Crippen molar-refractivity contribution >= 4 is 11.7 Å². The van der Waals surface area contributed by atoms with Gasteiger partial charge in [-0.15, -0.1) is 0 Å². The molecule has 0 spiro atoms.